The first-order chi connectivity index (χ1) is 5.75. The minimum atomic E-state index is -0.796. The number of aliphatic carboxylic acids is 1. The number of hydrogen-bond donors (Lipinski definition) is 1. The SMILES string of the molecule is CON=CN1CCCC1C(=O)O. The van der Waals surface area contributed by atoms with Crippen molar-refractivity contribution in [3.8, 4) is 0 Å². The molecule has 68 valence electrons. The molecule has 1 unspecified atom stereocenters. The molecule has 0 bridgehead atoms. The van der Waals surface area contributed by atoms with E-state index < -0.39 is 12.0 Å². The molecule has 0 amide bonds. The van der Waals surface area contributed by atoms with Crippen LogP contribution < -0.4 is 0 Å². The van der Waals surface area contributed by atoms with Crippen LogP contribution in [0.3, 0.4) is 0 Å². The van der Waals surface area contributed by atoms with Crippen LogP contribution in [0.1, 0.15) is 12.8 Å². The fourth-order valence-corrected chi connectivity index (χ4v) is 1.30. The highest BCUT2D eigenvalue weighted by molar-refractivity contribution is 5.77. The zero-order chi connectivity index (χ0) is 8.97. The molecule has 5 nitrogen and oxygen atoms in total. The maximum atomic E-state index is 10.6. The summed E-state index contributed by atoms with van der Waals surface area (Å²) in [4.78, 5) is 16.8. The van der Waals surface area contributed by atoms with Gasteiger partial charge in [0, 0.05) is 6.54 Å². The highest BCUT2D eigenvalue weighted by atomic mass is 16.6. The van der Waals surface area contributed by atoms with Gasteiger partial charge in [0.2, 0.25) is 0 Å². The maximum absolute atomic E-state index is 10.6. The fraction of sp³-hybridized carbons (Fsp3) is 0.714. The third-order valence-electron chi connectivity index (χ3n) is 1.88. The molecule has 0 aromatic rings. The number of rotatable bonds is 3. The molecule has 0 aliphatic carbocycles. The number of oxime groups is 1. The Morgan fingerprint density at radius 1 is 1.83 bits per heavy atom. The van der Waals surface area contributed by atoms with E-state index in [0.29, 0.717) is 6.42 Å². The monoisotopic (exact) mass is 172 g/mol. The number of carbonyl (C=O) groups is 1. The standard InChI is InChI=1S/C7H12N2O3/c1-12-8-5-9-4-2-3-6(9)7(10)11/h5-6H,2-4H2,1H3,(H,10,11). The molecule has 1 aliphatic rings. The fourth-order valence-electron chi connectivity index (χ4n) is 1.30. The molecule has 1 atom stereocenters. The van der Waals surface area contributed by atoms with Crippen molar-refractivity contribution in [1.29, 1.82) is 0 Å². The minimum Gasteiger partial charge on any atom is -0.480 e. The van der Waals surface area contributed by atoms with Crippen LogP contribution >= 0.6 is 0 Å². The van der Waals surface area contributed by atoms with E-state index in [1.165, 1.54) is 13.4 Å². The summed E-state index contributed by atoms with van der Waals surface area (Å²) < 4.78 is 0. The van der Waals surface area contributed by atoms with Gasteiger partial charge in [0.1, 0.15) is 19.5 Å². The average molecular weight is 172 g/mol. The van der Waals surface area contributed by atoms with E-state index in [1.807, 2.05) is 0 Å². The van der Waals surface area contributed by atoms with Gasteiger partial charge in [0.05, 0.1) is 0 Å². The highest BCUT2D eigenvalue weighted by Gasteiger charge is 2.28. The van der Waals surface area contributed by atoms with E-state index in [-0.39, 0.29) is 0 Å². The van der Waals surface area contributed by atoms with E-state index in [1.54, 1.807) is 4.90 Å². The summed E-state index contributed by atoms with van der Waals surface area (Å²) in [5, 5.41) is 12.3. The second-order valence-corrected chi connectivity index (χ2v) is 2.64. The molecular weight excluding hydrogens is 160 g/mol. The Labute approximate surface area is 70.6 Å². The first-order valence-corrected chi connectivity index (χ1v) is 3.81. The summed E-state index contributed by atoms with van der Waals surface area (Å²) in [6, 6.07) is -0.427. The van der Waals surface area contributed by atoms with Gasteiger partial charge in [-0.3, -0.25) is 0 Å². The Morgan fingerprint density at radius 3 is 3.17 bits per heavy atom. The Hall–Kier alpha value is -1.26. The number of likely N-dealkylation sites (tertiary alicyclic amines) is 1. The summed E-state index contributed by atoms with van der Waals surface area (Å²) in [5.41, 5.74) is 0. The molecule has 0 aromatic carbocycles. The smallest absolute Gasteiger partial charge is 0.326 e. The lowest BCUT2D eigenvalue weighted by molar-refractivity contribution is -0.140. The molecule has 1 rings (SSSR count). The number of hydrogen-bond acceptors (Lipinski definition) is 3. The molecule has 1 N–H and O–H groups in total. The van der Waals surface area contributed by atoms with E-state index in [2.05, 4.69) is 9.99 Å². The van der Waals surface area contributed by atoms with Gasteiger partial charge in [-0.25, -0.2) is 4.79 Å². The van der Waals surface area contributed by atoms with Gasteiger partial charge in [-0.2, -0.15) is 0 Å². The van der Waals surface area contributed by atoms with E-state index in [9.17, 15) is 4.79 Å². The van der Waals surface area contributed by atoms with Crippen molar-refractivity contribution in [3.05, 3.63) is 0 Å². The van der Waals surface area contributed by atoms with E-state index in [4.69, 9.17) is 5.11 Å². The Bertz CT molecular complexity index is 193. The Morgan fingerprint density at radius 2 is 2.58 bits per heavy atom. The molecule has 0 saturated carbocycles. The Kier molecular flexibility index (Phi) is 2.90. The van der Waals surface area contributed by atoms with E-state index >= 15 is 0 Å². The normalized spacial score (nSPS) is 23.4. The van der Waals surface area contributed by atoms with Crippen molar-refractivity contribution >= 4 is 12.3 Å². The van der Waals surface area contributed by atoms with Crippen molar-refractivity contribution in [2.24, 2.45) is 5.16 Å². The van der Waals surface area contributed by atoms with Gasteiger partial charge in [-0.05, 0) is 12.8 Å². The molecule has 0 aromatic heterocycles. The van der Waals surface area contributed by atoms with Crippen molar-refractivity contribution < 1.29 is 14.7 Å². The largest absolute Gasteiger partial charge is 0.480 e. The van der Waals surface area contributed by atoms with Crippen molar-refractivity contribution in [2.45, 2.75) is 18.9 Å². The molecule has 0 spiro atoms. The molecule has 1 heterocycles. The topological polar surface area (TPSA) is 62.1 Å². The third kappa shape index (κ3) is 1.87. The second kappa shape index (κ2) is 3.94. The lowest BCUT2D eigenvalue weighted by Crippen LogP contribution is -2.34. The van der Waals surface area contributed by atoms with Gasteiger partial charge in [0.25, 0.3) is 0 Å². The summed E-state index contributed by atoms with van der Waals surface area (Å²) in [6.07, 6.45) is 3.02. The lowest BCUT2D eigenvalue weighted by Gasteiger charge is -2.16. The van der Waals surface area contributed by atoms with Gasteiger partial charge < -0.3 is 14.8 Å². The predicted molar refractivity (Wildman–Crippen MR) is 42.9 cm³/mol. The Balaban J connectivity index is 2.52. The first kappa shape index (κ1) is 8.83. The van der Waals surface area contributed by atoms with Crippen LogP contribution in [0.15, 0.2) is 5.16 Å². The van der Waals surface area contributed by atoms with Gasteiger partial charge in [-0.1, -0.05) is 5.16 Å². The van der Waals surface area contributed by atoms with Crippen LogP contribution in [0.5, 0.6) is 0 Å². The third-order valence-corrected chi connectivity index (χ3v) is 1.88. The molecule has 1 saturated heterocycles. The average Bonchev–Trinajstić information content (AvgIpc) is 2.48. The van der Waals surface area contributed by atoms with Gasteiger partial charge >= 0.3 is 5.97 Å². The van der Waals surface area contributed by atoms with Crippen molar-refractivity contribution in [3.63, 3.8) is 0 Å². The number of carboxylic acids is 1. The van der Waals surface area contributed by atoms with Gasteiger partial charge in [0.15, 0.2) is 0 Å². The van der Waals surface area contributed by atoms with Gasteiger partial charge in [-0.15, -0.1) is 0 Å². The molecule has 12 heavy (non-hydrogen) atoms. The first-order valence-electron chi connectivity index (χ1n) is 3.81. The molecular formula is C7H12N2O3. The summed E-state index contributed by atoms with van der Waals surface area (Å²) in [6.45, 7) is 0.740. The van der Waals surface area contributed by atoms with Crippen LogP contribution in [0.4, 0.5) is 0 Å². The predicted octanol–water partition coefficient (Wildman–Crippen LogP) is 0.125. The molecule has 0 radical (unpaired) electrons. The van der Waals surface area contributed by atoms with E-state index in [0.717, 1.165) is 13.0 Å². The second-order valence-electron chi connectivity index (χ2n) is 2.64. The molecule has 1 fully saturated rings. The van der Waals surface area contributed by atoms with Crippen LogP contribution in [-0.4, -0.2) is 42.0 Å². The summed E-state index contributed by atoms with van der Waals surface area (Å²) in [5.74, 6) is -0.796. The summed E-state index contributed by atoms with van der Waals surface area (Å²) >= 11 is 0. The van der Waals surface area contributed by atoms with Crippen LogP contribution in [0, 0.1) is 0 Å². The van der Waals surface area contributed by atoms with Crippen LogP contribution in [-0.2, 0) is 9.63 Å². The quantitative estimate of drug-likeness (QED) is 0.373. The zero-order valence-corrected chi connectivity index (χ0v) is 6.93. The van der Waals surface area contributed by atoms with Crippen LogP contribution in [0.25, 0.3) is 0 Å². The molecule has 1 aliphatic heterocycles. The number of nitrogens with zero attached hydrogens (tertiary/aromatic N) is 2. The maximum Gasteiger partial charge on any atom is 0.326 e. The zero-order valence-electron chi connectivity index (χ0n) is 6.93. The van der Waals surface area contributed by atoms with Crippen LogP contribution in [0.2, 0.25) is 0 Å². The lowest BCUT2D eigenvalue weighted by atomic mass is 10.2. The minimum absolute atomic E-state index is 0.427. The summed E-state index contributed by atoms with van der Waals surface area (Å²) in [7, 11) is 1.43. The number of carboxylic acid groups (broad SMARTS) is 1. The highest BCUT2D eigenvalue weighted by Crippen LogP contribution is 2.14. The van der Waals surface area contributed by atoms with Crippen molar-refractivity contribution in [2.75, 3.05) is 13.7 Å². The molecule has 5 heteroatoms. The van der Waals surface area contributed by atoms with Crippen molar-refractivity contribution in [1.82, 2.24) is 4.90 Å².